The highest BCUT2D eigenvalue weighted by Gasteiger charge is 2.43. The molecule has 2 aromatic heterocycles. The second-order valence-electron chi connectivity index (χ2n) is 9.09. The van der Waals surface area contributed by atoms with Crippen molar-refractivity contribution in [1.82, 2.24) is 19.9 Å². The van der Waals surface area contributed by atoms with Gasteiger partial charge in [-0.05, 0) is 48.9 Å². The number of hydrogen-bond donors (Lipinski definition) is 1. The van der Waals surface area contributed by atoms with Crippen LogP contribution in [0.5, 0.6) is 5.75 Å². The van der Waals surface area contributed by atoms with E-state index in [4.69, 9.17) is 14.7 Å². The van der Waals surface area contributed by atoms with E-state index >= 15 is 0 Å². The van der Waals surface area contributed by atoms with E-state index in [1.807, 2.05) is 61.5 Å². The van der Waals surface area contributed by atoms with Crippen molar-refractivity contribution in [2.24, 2.45) is 5.92 Å². The van der Waals surface area contributed by atoms with Gasteiger partial charge in [-0.15, -0.1) is 0 Å². The molecular formula is C29H27N5O3. The summed E-state index contributed by atoms with van der Waals surface area (Å²) in [5, 5.41) is 2.91. The number of carbonyl (C=O) groups excluding carboxylic acids is 2. The van der Waals surface area contributed by atoms with Crippen LogP contribution in [0.3, 0.4) is 0 Å². The second kappa shape index (κ2) is 10.2. The molecule has 1 saturated heterocycles. The van der Waals surface area contributed by atoms with Crippen LogP contribution in [0, 0.1) is 12.8 Å². The van der Waals surface area contributed by atoms with Crippen LogP contribution < -0.4 is 10.1 Å². The molecule has 1 fully saturated rings. The van der Waals surface area contributed by atoms with Gasteiger partial charge < -0.3 is 15.0 Å². The SMILES string of the molecule is COc1ccc(-c2nc(NC(=O)C3CC(=O)N(C)C3c3cccnc3)cnc2-c2cccc(C)c2)cc1. The van der Waals surface area contributed by atoms with Gasteiger partial charge in [-0.1, -0.05) is 29.8 Å². The Morgan fingerprint density at radius 1 is 1.03 bits per heavy atom. The summed E-state index contributed by atoms with van der Waals surface area (Å²) in [6.45, 7) is 2.02. The maximum atomic E-state index is 13.4. The number of amides is 2. The lowest BCUT2D eigenvalue weighted by molar-refractivity contribution is -0.128. The van der Waals surface area contributed by atoms with Gasteiger partial charge in [-0.3, -0.25) is 19.6 Å². The first-order valence-corrected chi connectivity index (χ1v) is 12.0. The monoisotopic (exact) mass is 493 g/mol. The number of aromatic nitrogens is 3. The predicted molar refractivity (Wildman–Crippen MR) is 141 cm³/mol. The first-order valence-electron chi connectivity index (χ1n) is 12.0. The number of likely N-dealkylation sites (tertiary alicyclic amines) is 1. The Balaban J connectivity index is 1.49. The third kappa shape index (κ3) is 4.91. The number of aryl methyl sites for hydroxylation is 1. The molecule has 0 spiro atoms. The van der Waals surface area contributed by atoms with E-state index < -0.39 is 12.0 Å². The molecular weight excluding hydrogens is 466 g/mol. The Hall–Kier alpha value is -4.59. The summed E-state index contributed by atoms with van der Waals surface area (Å²) in [5.74, 6) is 0.0944. The van der Waals surface area contributed by atoms with Crippen molar-refractivity contribution in [2.75, 3.05) is 19.5 Å². The molecule has 0 saturated carbocycles. The Kier molecular flexibility index (Phi) is 6.64. The third-order valence-corrected chi connectivity index (χ3v) is 6.63. The van der Waals surface area contributed by atoms with Crippen molar-refractivity contribution in [3.63, 3.8) is 0 Å². The number of nitrogens with zero attached hydrogens (tertiary/aromatic N) is 4. The van der Waals surface area contributed by atoms with E-state index in [1.165, 1.54) is 0 Å². The molecule has 1 aliphatic heterocycles. The number of ether oxygens (including phenoxy) is 1. The average molecular weight is 494 g/mol. The number of rotatable bonds is 6. The molecule has 8 heteroatoms. The van der Waals surface area contributed by atoms with Crippen molar-refractivity contribution in [3.05, 3.63) is 90.4 Å². The molecule has 1 aliphatic rings. The van der Waals surface area contributed by atoms with Gasteiger partial charge in [0.25, 0.3) is 0 Å². The lowest BCUT2D eigenvalue weighted by atomic mass is 9.94. The Bertz CT molecular complexity index is 1440. The summed E-state index contributed by atoms with van der Waals surface area (Å²) in [6, 6.07) is 18.9. The van der Waals surface area contributed by atoms with Gasteiger partial charge in [0.05, 0.1) is 36.7 Å². The van der Waals surface area contributed by atoms with Crippen molar-refractivity contribution in [1.29, 1.82) is 0 Å². The molecule has 4 aromatic rings. The van der Waals surface area contributed by atoms with Crippen molar-refractivity contribution >= 4 is 17.6 Å². The minimum Gasteiger partial charge on any atom is -0.497 e. The van der Waals surface area contributed by atoms with Crippen molar-refractivity contribution in [3.8, 4) is 28.3 Å². The molecule has 0 bridgehead atoms. The number of pyridine rings is 1. The van der Waals surface area contributed by atoms with E-state index in [9.17, 15) is 9.59 Å². The smallest absolute Gasteiger partial charge is 0.231 e. The van der Waals surface area contributed by atoms with Crippen LogP contribution in [-0.4, -0.2) is 45.8 Å². The molecule has 1 N–H and O–H groups in total. The Labute approximate surface area is 215 Å². The Morgan fingerprint density at radius 2 is 1.84 bits per heavy atom. The van der Waals surface area contributed by atoms with Gasteiger partial charge in [-0.2, -0.15) is 0 Å². The molecule has 2 atom stereocenters. The maximum Gasteiger partial charge on any atom is 0.231 e. The number of hydrogen-bond acceptors (Lipinski definition) is 6. The number of nitrogens with one attached hydrogen (secondary N) is 1. The Morgan fingerprint density at radius 3 is 2.54 bits per heavy atom. The number of carbonyl (C=O) groups is 2. The summed E-state index contributed by atoms with van der Waals surface area (Å²) >= 11 is 0. The quantitative estimate of drug-likeness (QED) is 0.419. The van der Waals surface area contributed by atoms with Crippen LogP contribution in [0.2, 0.25) is 0 Å². The molecule has 2 aromatic carbocycles. The van der Waals surface area contributed by atoms with Crippen molar-refractivity contribution in [2.45, 2.75) is 19.4 Å². The summed E-state index contributed by atoms with van der Waals surface area (Å²) in [7, 11) is 3.33. The van der Waals surface area contributed by atoms with Crippen LogP contribution in [0.4, 0.5) is 5.82 Å². The minimum atomic E-state index is -0.579. The number of methoxy groups -OCH3 is 1. The van der Waals surface area contributed by atoms with Crippen molar-refractivity contribution < 1.29 is 14.3 Å². The van der Waals surface area contributed by atoms with Gasteiger partial charge in [0.2, 0.25) is 11.8 Å². The minimum absolute atomic E-state index is 0.0891. The standard InChI is InChI=1S/C29H27N5O3/c1-18-6-4-7-20(14-18)26-27(19-9-11-22(37-3)12-10-19)32-24(17-31-26)33-29(36)23-15-25(35)34(2)28(23)21-8-5-13-30-16-21/h4-14,16-17,23,28H,15H2,1-3H3,(H,32,33,36). The maximum absolute atomic E-state index is 13.4. The normalized spacial score (nSPS) is 17.1. The molecule has 2 unspecified atom stereocenters. The first-order chi connectivity index (χ1) is 17.9. The predicted octanol–water partition coefficient (Wildman–Crippen LogP) is 4.68. The molecule has 5 rings (SSSR count). The van der Waals surface area contributed by atoms with E-state index in [1.54, 1.807) is 43.7 Å². The van der Waals surface area contributed by atoms with Gasteiger partial charge in [-0.25, -0.2) is 4.98 Å². The van der Waals surface area contributed by atoms with E-state index in [-0.39, 0.29) is 18.2 Å². The molecule has 37 heavy (non-hydrogen) atoms. The van der Waals surface area contributed by atoms with Crippen LogP contribution in [0.1, 0.15) is 23.6 Å². The number of anilines is 1. The fourth-order valence-electron chi connectivity index (χ4n) is 4.73. The van der Waals surface area contributed by atoms with Gasteiger partial charge >= 0.3 is 0 Å². The van der Waals surface area contributed by atoms with E-state index in [0.29, 0.717) is 17.2 Å². The van der Waals surface area contributed by atoms with Gasteiger partial charge in [0.1, 0.15) is 5.75 Å². The van der Waals surface area contributed by atoms with Crippen LogP contribution >= 0.6 is 0 Å². The summed E-state index contributed by atoms with van der Waals surface area (Å²) in [5.41, 5.74) is 5.02. The lowest BCUT2D eigenvalue weighted by Crippen LogP contribution is -2.30. The molecule has 2 amide bonds. The molecule has 186 valence electrons. The zero-order valence-corrected chi connectivity index (χ0v) is 20.9. The van der Waals surface area contributed by atoms with Gasteiger partial charge in [0, 0.05) is 37.0 Å². The summed E-state index contributed by atoms with van der Waals surface area (Å²) < 4.78 is 5.30. The molecule has 3 heterocycles. The zero-order valence-electron chi connectivity index (χ0n) is 20.9. The molecule has 8 nitrogen and oxygen atoms in total. The average Bonchev–Trinajstić information content (AvgIpc) is 3.23. The largest absolute Gasteiger partial charge is 0.497 e. The zero-order chi connectivity index (χ0) is 25.9. The fraction of sp³-hybridized carbons (Fsp3) is 0.207. The highest BCUT2D eigenvalue weighted by Crippen LogP contribution is 2.38. The highest BCUT2D eigenvalue weighted by molar-refractivity contribution is 5.97. The van der Waals surface area contributed by atoms with Crippen LogP contribution in [0.15, 0.2) is 79.3 Å². The highest BCUT2D eigenvalue weighted by atomic mass is 16.5. The molecule has 0 radical (unpaired) electrons. The van der Waals surface area contributed by atoms with Crippen LogP contribution in [0.25, 0.3) is 22.5 Å². The summed E-state index contributed by atoms with van der Waals surface area (Å²) in [6.07, 6.45) is 5.03. The first kappa shape index (κ1) is 24.1. The number of benzene rings is 2. The third-order valence-electron chi connectivity index (χ3n) is 6.63. The van der Waals surface area contributed by atoms with E-state index in [2.05, 4.69) is 10.3 Å². The summed E-state index contributed by atoms with van der Waals surface area (Å²) in [4.78, 5) is 41.2. The molecule has 0 aliphatic carbocycles. The lowest BCUT2D eigenvalue weighted by Gasteiger charge is -2.24. The van der Waals surface area contributed by atoms with Crippen LogP contribution in [-0.2, 0) is 9.59 Å². The fourth-order valence-corrected chi connectivity index (χ4v) is 4.73. The van der Waals surface area contributed by atoms with E-state index in [0.717, 1.165) is 28.0 Å². The topological polar surface area (TPSA) is 97.3 Å². The van der Waals surface area contributed by atoms with Gasteiger partial charge in [0.15, 0.2) is 5.82 Å². The second-order valence-corrected chi connectivity index (χ2v) is 9.09.